The molecule has 0 saturated heterocycles. The highest BCUT2D eigenvalue weighted by molar-refractivity contribution is 6.31. The van der Waals surface area contributed by atoms with E-state index in [2.05, 4.69) is 19.9 Å². The van der Waals surface area contributed by atoms with Crippen LogP contribution in [0.15, 0.2) is 23.2 Å². The molecular weight excluding hydrogens is 294 g/mol. The largest absolute Gasteiger partial charge is 0.299 e. The SMILES string of the molecule is CC1(C)Cc2ccc(Cl)cc2C(CC(=O)C2CCCCC2)=N1. The molecule has 1 aromatic carbocycles. The quantitative estimate of drug-likeness (QED) is 0.771. The van der Waals surface area contributed by atoms with Crippen LogP contribution in [0, 0.1) is 5.92 Å². The predicted octanol–water partition coefficient (Wildman–Crippen LogP) is 5.00. The summed E-state index contributed by atoms with van der Waals surface area (Å²) >= 11 is 6.16. The number of rotatable bonds is 3. The average molecular weight is 318 g/mol. The molecule has 3 heteroatoms. The molecule has 0 spiro atoms. The van der Waals surface area contributed by atoms with E-state index in [1.807, 2.05) is 12.1 Å². The number of carbonyl (C=O) groups is 1. The van der Waals surface area contributed by atoms with Gasteiger partial charge in [-0.05, 0) is 50.8 Å². The first-order valence-corrected chi connectivity index (χ1v) is 8.73. The molecule has 0 radical (unpaired) electrons. The molecule has 1 heterocycles. The van der Waals surface area contributed by atoms with E-state index in [1.165, 1.54) is 24.8 Å². The number of hydrogen-bond donors (Lipinski definition) is 0. The summed E-state index contributed by atoms with van der Waals surface area (Å²) in [6, 6.07) is 5.99. The second-order valence-electron chi connectivity index (χ2n) is 7.33. The van der Waals surface area contributed by atoms with Crippen LogP contribution in [0.4, 0.5) is 0 Å². The van der Waals surface area contributed by atoms with Crippen LogP contribution in [0.5, 0.6) is 0 Å². The van der Waals surface area contributed by atoms with Crippen molar-refractivity contribution in [1.29, 1.82) is 0 Å². The van der Waals surface area contributed by atoms with E-state index in [1.54, 1.807) is 0 Å². The maximum atomic E-state index is 12.7. The lowest BCUT2D eigenvalue weighted by Crippen LogP contribution is -2.31. The Bertz CT molecular complexity index is 612. The molecule has 0 aromatic heterocycles. The number of Topliss-reactive ketones (excluding diaryl/α,β-unsaturated/α-hetero) is 1. The lowest BCUT2D eigenvalue weighted by Gasteiger charge is -2.30. The Morgan fingerprint density at radius 1 is 1.27 bits per heavy atom. The number of aliphatic imine (C=N–C) groups is 1. The Labute approximate surface area is 138 Å². The minimum Gasteiger partial charge on any atom is -0.299 e. The fourth-order valence-corrected chi connectivity index (χ4v) is 3.94. The van der Waals surface area contributed by atoms with Gasteiger partial charge in [0.2, 0.25) is 0 Å². The molecule has 1 fully saturated rings. The normalized spacial score (nSPS) is 21.1. The first kappa shape index (κ1) is 15.7. The molecule has 3 rings (SSSR count). The number of nitrogens with zero attached hydrogens (tertiary/aromatic N) is 1. The summed E-state index contributed by atoms with van der Waals surface area (Å²) in [5, 5.41) is 0.719. The van der Waals surface area contributed by atoms with E-state index in [0.29, 0.717) is 12.2 Å². The molecule has 22 heavy (non-hydrogen) atoms. The van der Waals surface area contributed by atoms with Gasteiger partial charge in [0, 0.05) is 22.9 Å². The number of hydrogen-bond acceptors (Lipinski definition) is 2. The predicted molar refractivity (Wildman–Crippen MR) is 92.0 cm³/mol. The van der Waals surface area contributed by atoms with E-state index in [4.69, 9.17) is 16.6 Å². The second kappa shape index (κ2) is 6.16. The van der Waals surface area contributed by atoms with Crippen LogP contribution in [-0.4, -0.2) is 17.0 Å². The Balaban J connectivity index is 1.86. The molecule has 1 aromatic rings. The van der Waals surface area contributed by atoms with Crippen LogP contribution >= 0.6 is 11.6 Å². The lowest BCUT2D eigenvalue weighted by molar-refractivity contribution is -0.122. The maximum absolute atomic E-state index is 12.7. The third-order valence-electron chi connectivity index (χ3n) is 4.85. The highest BCUT2D eigenvalue weighted by Gasteiger charge is 2.29. The standard InChI is InChI=1S/C19H24ClNO/c1-19(2)12-14-8-9-15(20)10-16(14)17(21-19)11-18(22)13-6-4-3-5-7-13/h8-10,13H,3-7,11-12H2,1-2H3. The summed E-state index contributed by atoms with van der Waals surface area (Å²) in [6.07, 6.45) is 7.13. The van der Waals surface area contributed by atoms with E-state index < -0.39 is 0 Å². The zero-order chi connectivity index (χ0) is 15.7. The first-order valence-electron chi connectivity index (χ1n) is 8.35. The van der Waals surface area contributed by atoms with Gasteiger partial charge in [-0.15, -0.1) is 0 Å². The molecule has 0 unspecified atom stereocenters. The monoisotopic (exact) mass is 317 g/mol. The number of carbonyl (C=O) groups excluding carboxylic acids is 1. The Hall–Kier alpha value is -1.15. The van der Waals surface area contributed by atoms with Crippen LogP contribution < -0.4 is 0 Å². The molecule has 2 nitrogen and oxygen atoms in total. The van der Waals surface area contributed by atoms with Crippen LogP contribution in [-0.2, 0) is 11.2 Å². The minimum atomic E-state index is -0.136. The topological polar surface area (TPSA) is 29.4 Å². The fraction of sp³-hybridized carbons (Fsp3) is 0.579. The Morgan fingerprint density at radius 3 is 2.73 bits per heavy atom. The van der Waals surface area contributed by atoms with Crippen molar-refractivity contribution >= 4 is 23.1 Å². The number of fused-ring (bicyclic) bond motifs is 1. The summed E-state index contributed by atoms with van der Waals surface area (Å²) in [5.41, 5.74) is 3.14. The third-order valence-corrected chi connectivity index (χ3v) is 5.08. The molecule has 0 amide bonds. The number of benzene rings is 1. The summed E-state index contributed by atoms with van der Waals surface area (Å²) in [6.45, 7) is 4.27. The van der Waals surface area contributed by atoms with Gasteiger partial charge in [-0.1, -0.05) is 36.9 Å². The zero-order valence-corrected chi connectivity index (χ0v) is 14.2. The van der Waals surface area contributed by atoms with Crippen LogP contribution in [0.25, 0.3) is 0 Å². The van der Waals surface area contributed by atoms with Gasteiger partial charge in [-0.25, -0.2) is 0 Å². The van der Waals surface area contributed by atoms with Gasteiger partial charge in [0.15, 0.2) is 0 Å². The third kappa shape index (κ3) is 3.43. The van der Waals surface area contributed by atoms with Crippen molar-refractivity contribution in [3.63, 3.8) is 0 Å². The Morgan fingerprint density at radius 2 is 2.00 bits per heavy atom. The Kier molecular flexibility index (Phi) is 4.40. The molecule has 1 aliphatic heterocycles. The highest BCUT2D eigenvalue weighted by atomic mass is 35.5. The molecule has 2 aliphatic rings. The molecular formula is C19H24ClNO. The van der Waals surface area contributed by atoms with E-state index in [9.17, 15) is 4.79 Å². The molecule has 0 atom stereocenters. The highest BCUT2D eigenvalue weighted by Crippen LogP contribution is 2.31. The smallest absolute Gasteiger partial charge is 0.141 e. The molecule has 0 N–H and O–H groups in total. The number of halogens is 1. The van der Waals surface area contributed by atoms with Crippen molar-refractivity contribution in [2.75, 3.05) is 0 Å². The minimum absolute atomic E-state index is 0.136. The van der Waals surface area contributed by atoms with E-state index >= 15 is 0 Å². The first-order chi connectivity index (χ1) is 10.4. The molecule has 1 aliphatic carbocycles. The van der Waals surface area contributed by atoms with Gasteiger partial charge in [0.1, 0.15) is 5.78 Å². The van der Waals surface area contributed by atoms with Crippen molar-refractivity contribution in [3.05, 3.63) is 34.3 Å². The average Bonchev–Trinajstić information content (AvgIpc) is 2.48. The van der Waals surface area contributed by atoms with Crippen LogP contribution in [0.2, 0.25) is 5.02 Å². The van der Waals surface area contributed by atoms with Gasteiger partial charge in [0.05, 0.1) is 11.3 Å². The summed E-state index contributed by atoms with van der Waals surface area (Å²) < 4.78 is 0. The van der Waals surface area contributed by atoms with Crippen molar-refractivity contribution in [2.24, 2.45) is 10.9 Å². The molecule has 1 saturated carbocycles. The maximum Gasteiger partial charge on any atom is 0.141 e. The van der Waals surface area contributed by atoms with Crippen LogP contribution in [0.1, 0.15) is 63.5 Å². The summed E-state index contributed by atoms with van der Waals surface area (Å²) in [7, 11) is 0. The lowest BCUT2D eigenvalue weighted by atomic mass is 9.81. The number of ketones is 1. The molecule has 0 bridgehead atoms. The van der Waals surface area contributed by atoms with Crippen molar-refractivity contribution < 1.29 is 4.79 Å². The van der Waals surface area contributed by atoms with E-state index in [0.717, 1.165) is 35.6 Å². The molecule has 118 valence electrons. The van der Waals surface area contributed by atoms with Gasteiger partial charge in [-0.3, -0.25) is 9.79 Å². The van der Waals surface area contributed by atoms with Gasteiger partial charge >= 0.3 is 0 Å². The van der Waals surface area contributed by atoms with E-state index in [-0.39, 0.29) is 11.5 Å². The zero-order valence-electron chi connectivity index (χ0n) is 13.5. The van der Waals surface area contributed by atoms with Crippen molar-refractivity contribution in [3.8, 4) is 0 Å². The van der Waals surface area contributed by atoms with Crippen molar-refractivity contribution in [2.45, 2.75) is 64.3 Å². The second-order valence-corrected chi connectivity index (χ2v) is 7.76. The van der Waals surface area contributed by atoms with Crippen LogP contribution in [0.3, 0.4) is 0 Å². The summed E-state index contributed by atoms with van der Waals surface area (Å²) in [5.74, 6) is 0.603. The summed E-state index contributed by atoms with van der Waals surface area (Å²) in [4.78, 5) is 17.5. The van der Waals surface area contributed by atoms with Gasteiger partial charge in [0.25, 0.3) is 0 Å². The van der Waals surface area contributed by atoms with Gasteiger partial charge < -0.3 is 0 Å². The fourth-order valence-electron chi connectivity index (χ4n) is 3.77. The van der Waals surface area contributed by atoms with Gasteiger partial charge in [-0.2, -0.15) is 0 Å². The van der Waals surface area contributed by atoms with Crippen molar-refractivity contribution in [1.82, 2.24) is 0 Å².